The normalized spacial score (nSPS) is 17.9. The van der Waals surface area contributed by atoms with Gasteiger partial charge in [0.25, 0.3) is 10.0 Å². The molecule has 1 saturated heterocycles. The molecule has 2 aromatic carbocycles. The Kier molecular flexibility index (Phi) is 7.16. The maximum atomic E-state index is 14.2. The largest absolute Gasteiger partial charge is 0.386 e. The molecule has 2 heterocycles. The van der Waals surface area contributed by atoms with E-state index in [1.165, 1.54) is 33.5 Å². The molecule has 176 valence electrons. The van der Waals surface area contributed by atoms with Gasteiger partial charge in [-0.2, -0.15) is 4.31 Å². The standard InChI is InChI=1S/C24H27FN2O3S3/c1-24(2,28)18-9-11-19(12-10-18)27-14-13-26(33(29,30)23-8-5-15-31-23)16-20(27)17-32-22-7-4-3-6-21(22)25/h3-12,15,20,28H,13-14,16-17H2,1-2H3/t20-/m1/s1. The van der Waals surface area contributed by atoms with Crippen LogP contribution in [-0.2, 0) is 15.6 Å². The number of halogens is 1. The van der Waals surface area contributed by atoms with Crippen LogP contribution in [-0.4, -0.2) is 49.3 Å². The predicted octanol–water partition coefficient (Wildman–Crippen LogP) is 4.79. The van der Waals surface area contributed by atoms with E-state index >= 15 is 0 Å². The van der Waals surface area contributed by atoms with Crippen LogP contribution in [0.2, 0.25) is 0 Å². The first kappa shape index (κ1) is 24.2. The van der Waals surface area contributed by atoms with Gasteiger partial charge in [-0.15, -0.1) is 23.1 Å². The summed E-state index contributed by atoms with van der Waals surface area (Å²) in [6, 6.07) is 17.6. The lowest BCUT2D eigenvalue weighted by Crippen LogP contribution is -2.55. The van der Waals surface area contributed by atoms with Gasteiger partial charge in [-0.05, 0) is 55.1 Å². The second-order valence-electron chi connectivity index (χ2n) is 8.49. The van der Waals surface area contributed by atoms with Gasteiger partial charge < -0.3 is 10.0 Å². The molecule has 1 N–H and O–H groups in total. The van der Waals surface area contributed by atoms with Crippen LogP contribution in [0.25, 0.3) is 0 Å². The molecule has 0 bridgehead atoms. The predicted molar refractivity (Wildman–Crippen MR) is 133 cm³/mol. The van der Waals surface area contributed by atoms with Crippen molar-refractivity contribution in [1.29, 1.82) is 0 Å². The Balaban J connectivity index is 1.59. The number of nitrogens with zero attached hydrogens (tertiary/aromatic N) is 2. The van der Waals surface area contributed by atoms with E-state index in [2.05, 4.69) is 4.90 Å². The van der Waals surface area contributed by atoms with Crippen LogP contribution in [0.5, 0.6) is 0 Å². The number of rotatable bonds is 7. The summed E-state index contributed by atoms with van der Waals surface area (Å²) in [5.41, 5.74) is 0.823. The second-order valence-corrected chi connectivity index (χ2v) is 12.7. The third-order valence-corrected chi connectivity index (χ3v) is 10.1. The molecule has 9 heteroatoms. The average molecular weight is 507 g/mol. The Morgan fingerprint density at radius 2 is 1.82 bits per heavy atom. The summed E-state index contributed by atoms with van der Waals surface area (Å²) in [5, 5.41) is 12.0. The minimum Gasteiger partial charge on any atom is -0.386 e. The molecular weight excluding hydrogens is 479 g/mol. The van der Waals surface area contributed by atoms with Crippen LogP contribution < -0.4 is 4.90 Å². The van der Waals surface area contributed by atoms with Crippen LogP contribution in [0.15, 0.2) is 75.1 Å². The second kappa shape index (κ2) is 9.76. The Bertz CT molecular complexity index is 1180. The average Bonchev–Trinajstić information content (AvgIpc) is 3.34. The SMILES string of the molecule is CC(C)(O)c1ccc(N2CCN(S(=O)(=O)c3cccs3)C[C@@H]2CSc2ccccc2F)cc1. The maximum absolute atomic E-state index is 14.2. The van der Waals surface area contributed by atoms with Gasteiger partial charge >= 0.3 is 0 Å². The summed E-state index contributed by atoms with van der Waals surface area (Å²) in [6.07, 6.45) is 0. The lowest BCUT2D eigenvalue weighted by Gasteiger charge is -2.42. The maximum Gasteiger partial charge on any atom is 0.252 e. The summed E-state index contributed by atoms with van der Waals surface area (Å²) >= 11 is 2.61. The Labute approximate surface area is 202 Å². The molecule has 1 fully saturated rings. The van der Waals surface area contributed by atoms with Crippen molar-refractivity contribution in [3.63, 3.8) is 0 Å². The summed E-state index contributed by atoms with van der Waals surface area (Å²) in [6.45, 7) is 4.69. The van der Waals surface area contributed by atoms with Crippen LogP contribution >= 0.6 is 23.1 Å². The highest BCUT2D eigenvalue weighted by atomic mass is 32.2. The van der Waals surface area contributed by atoms with E-state index in [-0.39, 0.29) is 11.9 Å². The molecule has 0 radical (unpaired) electrons. The molecule has 1 aliphatic heterocycles. The van der Waals surface area contributed by atoms with Gasteiger partial charge in [-0.25, -0.2) is 12.8 Å². The van der Waals surface area contributed by atoms with Crippen LogP contribution in [0.4, 0.5) is 10.1 Å². The molecule has 4 rings (SSSR count). The van der Waals surface area contributed by atoms with Gasteiger partial charge in [0.2, 0.25) is 0 Å². The molecule has 3 aromatic rings. The van der Waals surface area contributed by atoms with E-state index in [4.69, 9.17) is 0 Å². The van der Waals surface area contributed by atoms with E-state index in [1.807, 2.05) is 24.3 Å². The summed E-state index contributed by atoms with van der Waals surface area (Å²) in [7, 11) is -3.57. The van der Waals surface area contributed by atoms with Crippen LogP contribution in [0, 0.1) is 5.82 Å². The van der Waals surface area contributed by atoms with Gasteiger partial charge in [0, 0.05) is 36.0 Å². The van der Waals surface area contributed by atoms with Crippen molar-refractivity contribution in [2.75, 3.05) is 30.3 Å². The Hall–Kier alpha value is -1.91. The van der Waals surface area contributed by atoms with Gasteiger partial charge in [-0.1, -0.05) is 30.3 Å². The molecule has 0 saturated carbocycles. The first-order chi connectivity index (χ1) is 15.7. The van der Waals surface area contributed by atoms with Crippen LogP contribution in [0.1, 0.15) is 19.4 Å². The summed E-state index contributed by atoms with van der Waals surface area (Å²) in [5.74, 6) is 0.257. The number of thioether (sulfide) groups is 1. The fourth-order valence-corrected chi connectivity index (χ4v) is 7.52. The smallest absolute Gasteiger partial charge is 0.252 e. The number of sulfonamides is 1. The monoisotopic (exact) mass is 506 g/mol. The van der Waals surface area contributed by atoms with Crippen molar-refractivity contribution in [2.45, 2.75) is 34.6 Å². The topological polar surface area (TPSA) is 60.9 Å². The summed E-state index contributed by atoms with van der Waals surface area (Å²) in [4.78, 5) is 2.73. The molecule has 0 amide bonds. The van der Waals surface area contributed by atoms with Crippen molar-refractivity contribution in [3.8, 4) is 0 Å². The lowest BCUT2D eigenvalue weighted by atomic mass is 9.98. The Morgan fingerprint density at radius 3 is 2.45 bits per heavy atom. The first-order valence-corrected chi connectivity index (χ1v) is 14.0. The zero-order valence-electron chi connectivity index (χ0n) is 18.5. The fourth-order valence-electron chi connectivity index (χ4n) is 3.87. The minimum absolute atomic E-state index is 0.147. The third kappa shape index (κ3) is 5.44. The molecule has 1 aliphatic rings. The van der Waals surface area contributed by atoms with E-state index in [9.17, 15) is 17.9 Å². The van der Waals surface area contributed by atoms with E-state index in [1.54, 1.807) is 49.6 Å². The van der Waals surface area contributed by atoms with Crippen molar-refractivity contribution < 1.29 is 17.9 Å². The number of benzene rings is 2. The molecule has 1 aromatic heterocycles. The fraction of sp³-hybridized carbons (Fsp3) is 0.333. The zero-order valence-corrected chi connectivity index (χ0v) is 21.0. The molecule has 0 unspecified atom stereocenters. The number of aliphatic hydroxyl groups is 1. The van der Waals surface area contributed by atoms with E-state index in [0.717, 1.165) is 11.3 Å². The lowest BCUT2D eigenvalue weighted by molar-refractivity contribution is 0.0786. The highest BCUT2D eigenvalue weighted by molar-refractivity contribution is 7.99. The van der Waals surface area contributed by atoms with Crippen molar-refractivity contribution in [2.24, 2.45) is 0 Å². The summed E-state index contributed by atoms with van der Waals surface area (Å²) < 4.78 is 42.4. The molecule has 5 nitrogen and oxygen atoms in total. The number of piperazine rings is 1. The molecule has 0 spiro atoms. The number of anilines is 1. The highest BCUT2D eigenvalue weighted by Gasteiger charge is 2.35. The van der Waals surface area contributed by atoms with E-state index in [0.29, 0.717) is 34.5 Å². The third-order valence-electron chi connectivity index (χ3n) is 5.71. The van der Waals surface area contributed by atoms with Crippen LogP contribution in [0.3, 0.4) is 0 Å². The first-order valence-electron chi connectivity index (χ1n) is 10.7. The van der Waals surface area contributed by atoms with Crippen molar-refractivity contribution in [1.82, 2.24) is 4.31 Å². The highest BCUT2D eigenvalue weighted by Crippen LogP contribution is 2.31. The molecule has 1 atom stereocenters. The number of thiophene rings is 1. The van der Waals surface area contributed by atoms with Gasteiger partial charge in [0.1, 0.15) is 10.0 Å². The van der Waals surface area contributed by atoms with Gasteiger partial charge in [-0.3, -0.25) is 0 Å². The Morgan fingerprint density at radius 1 is 1.09 bits per heavy atom. The van der Waals surface area contributed by atoms with Gasteiger partial charge in [0.15, 0.2) is 0 Å². The minimum atomic E-state index is -3.57. The zero-order chi connectivity index (χ0) is 23.6. The van der Waals surface area contributed by atoms with Crippen molar-refractivity contribution in [3.05, 3.63) is 77.4 Å². The number of hydrogen-bond donors (Lipinski definition) is 1. The quantitative estimate of drug-likeness (QED) is 0.467. The molecule has 33 heavy (non-hydrogen) atoms. The number of hydrogen-bond acceptors (Lipinski definition) is 6. The van der Waals surface area contributed by atoms with E-state index < -0.39 is 15.6 Å². The van der Waals surface area contributed by atoms with Gasteiger partial charge in [0.05, 0.1) is 11.6 Å². The molecular formula is C24H27FN2O3S3. The van der Waals surface area contributed by atoms with Crippen molar-refractivity contribution >= 4 is 38.8 Å². The molecule has 0 aliphatic carbocycles.